The number of allylic oxidation sites excluding steroid dienone is 18. The Bertz CT molecular complexity index is 2520. The minimum Gasteiger partial charge on any atom is -0.0842 e. The van der Waals surface area contributed by atoms with Crippen molar-refractivity contribution in [2.75, 3.05) is 0 Å². The maximum Gasteiger partial charge on any atom is 0.0134 e. The molecule has 0 nitrogen and oxygen atoms in total. The van der Waals surface area contributed by atoms with Gasteiger partial charge in [0.05, 0.1) is 0 Å². The van der Waals surface area contributed by atoms with Crippen LogP contribution in [0.15, 0.2) is 174 Å². The molecule has 3 aromatic rings. The Labute approximate surface area is 295 Å². The van der Waals surface area contributed by atoms with E-state index in [1.807, 2.05) is 0 Å². The van der Waals surface area contributed by atoms with Crippen LogP contribution in [0.4, 0.5) is 0 Å². The molecular weight excluding hydrogens is 601 g/mol. The van der Waals surface area contributed by atoms with E-state index in [2.05, 4.69) is 146 Å². The minimum absolute atomic E-state index is 0.337. The minimum atomic E-state index is 0.337. The molecular formula is C50H42. The van der Waals surface area contributed by atoms with E-state index < -0.39 is 0 Å². The van der Waals surface area contributed by atoms with Gasteiger partial charge < -0.3 is 0 Å². The lowest BCUT2D eigenvalue weighted by Gasteiger charge is -2.36. The topological polar surface area (TPSA) is 0 Å². The molecule has 7 aliphatic rings. The normalized spacial score (nSPS) is 23.1. The van der Waals surface area contributed by atoms with Crippen LogP contribution in [-0.2, 0) is 0 Å². The lowest BCUT2D eigenvalue weighted by atomic mass is 9.67. The maximum atomic E-state index is 2.49. The average Bonchev–Trinajstić information content (AvgIpc) is 3.52. The summed E-state index contributed by atoms with van der Waals surface area (Å²) in [4.78, 5) is 0. The third-order valence-corrected chi connectivity index (χ3v) is 12.1. The van der Waals surface area contributed by atoms with Gasteiger partial charge in [-0.3, -0.25) is 0 Å². The fourth-order valence-electron chi connectivity index (χ4n) is 9.78. The number of hydrogen-bond donors (Lipinski definition) is 0. The van der Waals surface area contributed by atoms with Crippen LogP contribution in [0.1, 0.15) is 56.9 Å². The van der Waals surface area contributed by atoms with Gasteiger partial charge in [-0.25, -0.2) is 0 Å². The summed E-state index contributed by atoms with van der Waals surface area (Å²) in [6.45, 7) is 0. The molecule has 0 heterocycles. The van der Waals surface area contributed by atoms with E-state index in [4.69, 9.17) is 0 Å². The highest BCUT2D eigenvalue weighted by molar-refractivity contribution is 5.98. The maximum absolute atomic E-state index is 2.49. The van der Waals surface area contributed by atoms with Gasteiger partial charge >= 0.3 is 0 Å². The number of rotatable bonds is 5. The molecule has 0 saturated carbocycles. The Morgan fingerprint density at radius 1 is 0.440 bits per heavy atom. The van der Waals surface area contributed by atoms with Crippen molar-refractivity contribution >= 4 is 22.3 Å². The summed E-state index contributed by atoms with van der Waals surface area (Å²) in [7, 11) is 0. The van der Waals surface area contributed by atoms with Crippen LogP contribution in [0.3, 0.4) is 0 Å². The molecule has 0 aromatic heterocycles. The van der Waals surface area contributed by atoms with Gasteiger partial charge in [0, 0.05) is 11.8 Å². The molecule has 0 radical (unpaired) electrons. The summed E-state index contributed by atoms with van der Waals surface area (Å²) in [6.07, 6.45) is 39.6. The largest absolute Gasteiger partial charge is 0.0842 e. The monoisotopic (exact) mass is 642 g/mol. The van der Waals surface area contributed by atoms with Crippen LogP contribution in [0.2, 0.25) is 0 Å². The number of benzene rings is 3. The predicted octanol–water partition coefficient (Wildman–Crippen LogP) is 9.31. The molecule has 50 heavy (non-hydrogen) atoms. The lowest BCUT2D eigenvalue weighted by Crippen LogP contribution is -2.43. The van der Waals surface area contributed by atoms with Crippen molar-refractivity contribution in [2.45, 2.75) is 51.4 Å². The van der Waals surface area contributed by atoms with E-state index in [0.29, 0.717) is 11.8 Å². The zero-order valence-electron chi connectivity index (χ0n) is 28.7. The fraction of sp³-hybridized carbons (Fsp3) is 0.200. The molecule has 2 unspecified atom stereocenters. The van der Waals surface area contributed by atoms with E-state index in [-0.39, 0.29) is 0 Å². The SMILES string of the molecule is C1=CCCC(C2=CC=C(C=CC3=CC=C(C4=c5ccccc5=C(C5=c6cccc7c6=C(CC5)c5ccccc5-7)C5C=CC=CC45)CC3)CC2)=C1. The Hall–Kier alpha value is -5.20. The van der Waals surface area contributed by atoms with Gasteiger partial charge in [0.2, 0.25) is 0 Å². The summed E-state index contributed by atoms with van der Waals surface area (Å²) in [5.74, 6) is 0.681. The van der Waals surface area contributed by atoms with Gasteiger partial charge in [-0.1, -0.05) is 146 Å². The van der Waals surface area contributed by atoms with E-state index in [0.717, 1.165) is 38.5 Å². The first-order chi connectivity index (χ1) is 24.8. The summed E-state index contributed by atoms with van der Waals surface area (Å²) in [5.41, 5.74) is 17.9. The molecule has 10 rings (SSSR count). The summed E-state index contributed by atoms with van der Waals surface area (Å²) in [5, 5.41) is 5.80. The van der Waals surface area contributed by atoms with Gasteiger partial charge in [-0.2, -0.15) is 0 Å². The van der Waals surface area contributed by atoms with E-state index in [1.54, 1.807) is 16.7 Å². The third kappa shape index (κ3) is 4.88. The molecule has 0 N–H and O–H groups in total. The summed E-state index contributed by atoms with van der Waals surface area (Å²) >= 11 is 0. The van der Waals surface area contributed by atoms with Gasteiger partial charge in [-0.15, -0.1) is 0 Å². The molecule has 0 saturated heterocycles. The molecule has 0 aliphatic heterocycles. The lowest BCUT2D eigenvalue weighted by molar-refractivity contribution is 0.680. The van der Waals surface area contributed by atoms with Crippen molar-refractivity contribution < 1.29 is 0 Å². The van der Waals surface area contributed by atoms with Crippen molar-refractivity contribution in [3.05, 3.63) is 200 Å². The second-order valence-electron chi connectivity index (χ2n) is 14.8. The second-order valence-corrected chi connectivity index (χ2v) is 14.8. The van der Waals surface area contributed by atoms with Crippen molar-refractivity contribution in [1.82, 2.24) is 0 Å². The first-order valence-corrected chi connectivity index (χ1v) is 18.8. The van der Waals surface area contributed by atoms with Crippen LogP contribution in [0.25, 0.3) is 33.4 Å². The van der Waals surface area contributed by atoms with Crippen LogP contribution in [0, 0.1) is 11.8 Å². The zero-order valence-corrected chi connectivity index (χ0v) is 28.7. The molecule has 0 spiro atoms. The van der Waals surface area contributed by atoms with E-state index in [9.17, 15) is 0 Å². The molecule has 0 amide bonds. The van der Waals surface area contributed by atoms with Crippen LogP contribution < -0.4 is 20.9 Å². The second kappa shape index (κ2) is 12.3. The Kier molecular flexibility index (Phi) is 7.30. The Morgan fingerprint density at radius 2 is 1.06 bits per heavy atom. The standard InChI is InChI=1S/C50H42/c1-2-11-35(12-3-1)36-27-23-33(24-28-36)21-22-34-25-29-37(30-26-34)48-41-15-6-8-17-43(41)50(44-18-9-7-16-42(44)48)47-32-31-46-39-14-5-4-13-38(39)40-19-10-20-45(47)49(40)46/h1-2,4-11,13-23,25,27,29,41,43H,3,12,24,26,28,30-32H2. The van der Waals surface area contributed by atoms with Crippen molar-refractivity contribution in [3.8, 4) is 11.1 Å². The number of hydrogen-bond acceptors (Lipinski definition) is 0. The first-order valence-electron chi connectivity index (χ1n) is 18.8. The smallest absolute Gasteiger partial charge is 0.0134 e. The van der Waals surface area contributed by atoms with Gasteiger partial charge in [-0.05, 0) is 139 Å². The summed E-state index contributed by atoms with van der Waals surface area (Å²) < 4.78 is 0. The van der Waals surface area contributed by atoms with E-state index in [1.165, 1.54) is 83.8 Å². The molecule has 7 aliphatic carbocycles. The quantitative estimate of drug-likeness (QED) is 0.260. The van der Waals surface area contributed by atoms with Crippen molar-refractivity contribution in [1.29, 1.82) is 0 Å². The van der Waals surface area contributed by atoms with Crippen molar-refractivity contribution in [2.24, 2.45) is 11.8 Å². The highest BCUT2D eigenvalue weighted by atomic mass is 14.4. The molecule has 242 valence electrons. The van der Waals surface area contributed by atoms with Crippen LogP contribution >= 0.6 is 0 Å². The Balaban J connectivity index is 1.06. The summed E-state index contributed by atoms with van der Waals surface area (Å²) in [6, 6.07) is 25.4. The molecule has 0 fully saturated rings. The van der Waals surface area contributed by atoms with Crippen LogP contribution in [0.5, 0.6) is 0 Å². The van der Waals surface area contributed by atoms with Gasteiger partial charge in [0.1, 0.15) is 0 Å². The zero-order chi connectivity index (χ0) is 33.0. The van der Waals surface area contributed by atoms with E-state index >= 15 is 0 Å². The number of fused-ring (bicyclic) bond motifs is 5. The van der Waals surface area contributed by atoms with Gasteiger partial charge in [0.15, 0.2) is 0 Å². The highest BCUT2D eigenvalue weighted by Gasteiger charge is 2.35. The van der Waals surface area contributed by atoms with Gasteiger partial charge in [0.25, 0.3) is 0 Å². The van der Waals surface area contributed by atoms with Crippen molar-refractivity contribution in [3.63, 3.8) is 0 Å². The fourth-order valence-corrected chi connectivity index (χ4v) is 9.78. The molecule has 2 atom stereocenters. The predicted molar refractivity (Wildman–Crippen MR) is 210 cm³/mol. The van der Waals surface area contributed by atoms with Crippen LogP contribution in [-0.4, -0.2) is 0 Å². The third-order valence-electron chi connectivity index (χ3n) is 12.1. The molecule has 3 aromatic carbocycles. The Morgan fingerprint density at radius 3 is 1.78 bits per heavy atom. The first kappa shape index (κ1) is 29.7. The highest BCUT2D eigenvalue weighted by Crippen LogP contribution is 2.45. The molecule has 0 bridgehead atoms. The average molecular weight is 643 g/mol. The molecule has 0 heteroatoms.